The molecule has 5 aromatic rings. The number of unbranched alkanes of at least 4 members (excludes halogenated alkanes) is 2. The number of carbonyl (C=O) groups is 5. The van der Waals surface area contributed by atoms with Crippen LogP contribution in [0.1, 0.15) is 90.5 Å². The molecule has 306 valence electrons. The number of ether oxygens (including phenoxy) is 1. The molecule has 1 saturated heterocycles. The minimum atomic E-state index is -0.345. The SMILES string of the molecule is Cc1ccc(N(C)C(=O)c2ccc(NC(=O)c3cccc4[nH]c(CCCN5C(=O)c6ccccc6C5=O)nc34)c(C)c2)c(OCCCCCC(=O)N2CCN(C)CC2)c1. The molecule has 7 rings (SSSR count). The Kier molecular flexibility index (Phi) is 12.5. The van der Waals surface area contributed by atoms with Crippen LogP contribution in [0.4, 0.5) is 11.4 Å². The summed E-state index contributed by atoms with van der Waals surface area (Å²) in [6.45, 7) is 7.98. The summed E-state index contributed by atoms with van der Waals surface area (Å²) in [5.41, 5.74) is 5.84. The smallest absolute Gasteiger partial charge is 0.261 e. The third-order valence-corrected chi connectivity index (χ3v) is 11.1. The molecule has 5 amide bonds. The maximum Gasteiger partial charge on any atom is 0.261 e. The van der Waals surface area contributed by atoms with Gasteiger partial charge in [0.25, 0.3) is 23.6 Å². The van der Waals surface area contributed by atoms with Crippen LogP contribution < -0.4 is 15.0 Å². The lowest BCUT2D eigenvalue weighted by Crippen LogP contribution is -2.47. The molecule has 0 aliphatic carbocycles. The van der Waals surface area contributed by atoms with Crippen LogP contribution in [0, 0.1) is 13.8 Å². The number of aryl methyl sites for hydroxylation is 3. The standard InChI is InChI=1S/C46H51N7O6/c1-30-18-21-38(39(28-30)59-27-9-5-6-17-41(54)52-25-23-50(3)24-26-52)51(4)44(56)32-19-20-36(31(2)29-32)48-43(55)35-14-10-15-37-42(35)49-40(47-37)16-11-22-53-45(57)33-12-7-8-13-34(33)46(53)58/h7-8,10,12-15,18-21,28-29H,5-6,9,11,16-17,22-27H2,1-4H3,(H,47,49)(H,48,55). The molecule has 0 bridgehead atoms. The lowest BCUT2D eigenvalue weighted by atomic mass is 10.1. The lowest BCUT2D eigenvalue weighted by molar-refractivity contribution is -0.132. The lowest BCUT2D eigenvalue weighted by Gasteiger charge is -2.32. The number of hydrogen-bond acceptors (Lipinski definition) is 8. The molecule has 0 atom stereocenters. The highest BCUT2D eigenvalue weighted by Gasteiger charge is 2.34. The number of benzene rings is 4. The van der Waals surface area contributed by atoms with Gasteiger partial charge in [0.05, 0.1) is 34.5 Å². The first-order chi connectivity index (χ1) is 28.5. The Morgan fingerprint density at radius 1 is 0.847 bits per heavy atom. The number of fused-ring (bicyclic) bond motifs is 2. The second-order valence-electron chi connectivity index (χ2n) is 15.5. The quantitative estimate of drug-likeness (QED) is 0.0885. The molecule has 0 radical (unpaired) electrons. The van der Waals surface area contributed by atoms with Crippen LogP contribution in [0.5, 0.6) is 5.75 Å². The van der Waals surface area contributed by atoms with E-state index in [0.717, 1.165) is 51.0 Å². The van der Waals surface area contributed by atoms with Crippen molar-refractivity contribution >= 4 is 51.9 Å². The highest BCUT2D eigenvalue weighted by atomic mass is 16.5. The molecular weight excluding hydrogens is 747 g/mol. The van der Waals surface area contributed by atoms with E-state index >= 15 is 0 Å². The Morgan fingerprint density at radius 2 is 1.59 bits per heavy atom. The maximum atomic E-state index is 13.8. The fourth-order valence-electron chi connectivity index (χ4n) is 7.63. The third-order valence-electron chi connectivity index (χ3n) is 11.1. The zero-order valence-electron chi connectivity index (χ0n) is 34.2. The molecule has 59 heavy (non-hydrogen) atoms. The second kappa shape index (κ2) is 18.1. The Morgan fingerprint density at radius 3 is 2.32 bits per heavy atom. The number of nitrogens with zero attached hydrogens (tertiary/aromatic N) is 5. The van der Waals surface area contributed by atoms with E-state index in [0.29, 0.717) is 87.7 Å². The molecule has 0 unspecified atom stereocenters. The van der Waals surface area contributed by atoms with E-state index in [1.807, 2.05) is 43.0 Å². The van der Waals surface area contributed by atoms with Crippen LogP contribution in [-0.2, 0) is 11.2 Å². The van der Waals surface area contributed by atoms with Crippen molar-refractivity contribution in [2.45, 2.75) is 52.4 Å². The summed E-state index contributed by atoms with van der Waals surface area (Å²) < 4.78 is 6.20. The number of aromatic amines is 1. The van der Waals surface area contributed by atoms with Crippen molar-refractivity contribution in [3.63, 3.8) is 0 Å². The normalized spacial score (nSPS) is 14.2. The van der Waals surface area contributed by atoms with Crippen LogP contribution in [0.2, 0.25) is 0 Å². The average Bonchev–Trinajstić information content (AvgIpc) is 3.76. The Labute approximate surface area is 344 Å². The van der Waals surface area contributed by atoms with Gasteiger partial charge < -0.3 is 29.7 Å². The number of carbonyl (C=O) groups excluding carboxylic acids is 5. The number of H-pyrrole nitrogens is 1. The summed E-state index contributed by atoms with van der Waals surface area (Å²) in [4.78, 5) is 80.6. The van der Waals surface area contributed by atoms with E-state index < -0.39 is 0 Å². The van der Waals surface area contributed by atoms with E-state index in [1.54, 1.807) is 66.5 Å². The number of imide groups is 1. The molecular formula is C46H51N7O6. The number of piperazine rings is 1. The minimum absolute atomic E-state index is 0.223. The number of imidazole rings is 1. The number of para-hydroxylation sites is 1. The largest absolute Gasteiger partial charge is 0.491 e. The average molecular weight is 798 g/mol. The Bertz CT molecular complexity index is 2360. The molecule has 4 aromatic carbocycles. The molecule has 1 fully saturated rings. The second-order valence-corrected chi connectivity index (χ2v) is 15.5. The summed E-state index contributed by atoms with van der Waals surface area (Å²) in [6, 6.07) is 23.1. The van der Waals surface area contributed by atoms with Crippen molar-refractivity contribution in [3.05, 3.63) is 118 Å². The van der Waals surface area contributed by atoms with Gasteiger partial charge in [-0.1, -0.05) is 24.3 Å². The van der Waals surface area contributed by atoms with Gasteiger partial charge in [-0.15, -0.1) is 0 Å². The van der Waals surface area contributed by atoms with E-state index in [2.05, 4.69) is 22.2 Å². The molecule has 2 N–H and O–H groups in total. The van der Waals surface area contributed by atoms with Crippen LogP contribution >= 0.6 is 0 Å². The van der Waals surface area contributed by atoms with Crippen LogP contribution in [0.15, 0.2) is 78.9 Å². The topological polar surface area (TPSA) is 148 Å². The van der Waals surface area contributed by atoms with Crippen LogP contribution in [0.3, 0.4) is 0 Å². The predicted octanol–water partition coefficient (Wildman–Crippen LogP) is 6.65. The van der Waals surface area contributed by atoms with Crippen molar-refractivity contribution < 1.29 is 28.7 Å². The molecule has 0 spiro atoms. The maximum absolute atomic E-state index is 13.8. The summed E-state index contributed by atoms with van der Waals surface area (Å²) in [5, 5.41) is 2.99. The number of likely N-dealkylation sites (N-methyl/N-ethyl adjacent to an activating group) is 1. The van der Waals surface area contributed by atoms with Gasteiger partial charge in [0.15, 0.2) is 0 Å². The summed E-state index contributed by atoms with van der Waals surface area (Å²) >= 11 is 0. The molecule has 2 aliphatic heterocycles. The third kappa shape index (κ3) is 9.20. The summed E-state index contributed by atoms with van der Waals surface area (Å²) in [5.74, 6) is 0.344. The minimum Gasteiger partial charge on any atom is -0.491 e. The number of anilines is 2. The van der Waals surface area contributed by atoms with Crippen molar-refractivity contribution in [2.24, 2.45) is 0 Å². The van der Waals surface area contributed by atoms with E-state index in [4.69, 9.17) is 9.72 Å². The molecule has 13 nitrogen and oxygen atoms in total. The highest BCUT2D eigenvalue weighted by Crippen LogP contribution is 2.31. The predicted molar refractivity (Wildman–Crippen MR) is 227 cm³/mol. The van der Waals surface area contributed by atoms with Crippen molar-refractivity contribution in [3.8, 4) is 5.75 Å². The number of nitrogens with one attached hydrogen (secondary N) is 2. The zero-order chi connectivity index (χ0) is 41.6. The van der Waals surface area contributed by atoms with E-state index in [-0.39, 0.29) is 36.1 Å². The fourth-order valence-corrected chi connectivity index (χ4v) is 7.63. The molecule has 1 aromatic heterocycles. The van der Waals surface area contributed by atoms with E-state index in [1.165, 1.54) is 4.90 Å². The van der Waals surface area contributed by atoms with Crippen molar-refractivity contribution in [1.82, 2.24) is 24.7 Å². The first-order valence-electron chi connectivity index (χ1n) is 20.3. The van der Waals surface area contributed by atoms with Crippen molar-refractivity contribution in [1.29, 1.82) is 0 Å². The highest BCUT2D eigenvalue weighted by molar-refractivity contribution is 6.21. The van der Waals surface area contributed by atoms with Gasteiger partial charge in [-0.25, -0.2) is 4.98 Å². The summed E-state index contributed by atoms with van der Waals surface area (Å²) in [7, 11) is 3.80. The van der Waals surface area contributed by atoms with Gasteiger partial charge >= 0.3 is 0 Å². The van der Waals surface area contributed by atoms with Gasteiger partial charge in [-0.05, 0) is 112 Å². The number of hydrogen-bond donors (Lipinski definition) is 2. The van der Waals surface area contributed by atoms with Crippen molar-refractivity contribution in [2.75, 3.05) is 63.6 Å². The fraction of sp³-hybridized carbons (Fsp3) is 0.348. The van der Waals surface area contributed by atoms with Crippen LogP contribution in [-0.4, -0.2) is 108 Å². The molecule has 13 heteroatoms. The molecule has 3 heterocycles. The first-order valence-corrected chi connectivity index (χ1v) is 20.3. The molecule has 2 aliphatic rings. The Balaban J connectivity index is 0.926. The first kappa shape index (κ1) is 40.8. The number of aromatic nitrogens is 2. The van der Waals surface area contributed by atoms with Gasteiger partial charge in [0.1, 0.15) is 17.1 Å². The number of rotatable bonds is 15. The van der Waals surface area contributed by atoms with Gasteiger partial charge in [-0.3, -0.25) is 28.9 Å². The van der Waals surface area contributed by atoms with Gasteiger partial charge in [-0.2, -0.15) is 0 Å². The summed E-state index contributed by atoms with van der Waals surface area (Å²) in [6.07, 6.45) is 4.01. The molecule has 0 saturated carbocycles. The Hall–Kier alpha value is -6.34. The van der Waals surface area contributed by atoms with Gasteiger partial charge in [0, 0.05) is 63.9 Å². The monoisotopic (exact) mass is 797 g/mol. The zero-order valence-corrected chi connectivity index (χ0v) is 34.2. The van der Waals surface area contributed by atoms with Crippen LogP contribution in [0.25, 0.3) is 11.0 Å². The van der Waals surface area contributed by atoms with E-state index in [9.17, 15) is 24.0 Å². The van der Waals surface area contributed by atoms with Gasteiger partial charge in [0.2, 0.25) is 5.91 Å². The number of amides is 5.